The van der Waals surface area contributed by atoms with Crippen molar-refractivity contribution in [2.45, 2.75) is 6.10 Å². The van der Waals surface area contributed by atoms with Crippen molar-refractivity contribution in [3.63, 3.8) is 0 Å². The second-order valence-corrected chi connectivity index (χ2v) is 5.95. The lowest BCUT2D eigenvalue weighted by Crippen LogP contribution is -2.42. The summed E-state index contributed by atoms with van der Waals surface area (Å²) < 4.78 is 11.9. The molecule has 1 amide bonds. The molecule has 0 bridgehead atoms. The normalized spacial score (nSPS) is 16.9. The smallest absolute Gasteiger partial charge is 0.284 e. The Kier molecular flexibility index (Phi) is 5.28. The molecule has 0 saturated carbocycles. The number of nitrogens with one attached hydrogen (secondary N) is 1. The van der Waals surface area contributed by atoms with Gasteiger partial charge in [0.1, 0.15) is 6.61 Å². The van der Waals surface area contributed by atoms with Gasteiger partial charge in [0, 0.05) is 4.48 Å². The highest BCUT2D eigenvalue weighted by Gasteiger charge is 2.26. The Morgan fingerprint density at radius 3 is 2.62 bits per heavy atom. The van der Waals surface area contributed by atoms with E-state index in [0.717, 1.165) is 10.0 Å². The number of ether oxygens (including phenoxy) is 2. The van der Waals surface area contributed by atoms with Gasteiger partial charge in [-0.1, -0.05) is 42.5 Å². The number of carbonyl (C=O) groups is 1. The molecular weight excluding hydrogens is 372 g/mol. The Labute approximate surface area is 148 Å². The van der Waals surface area contributed by atoms with Gasteiger partial charge >= 0.3 is 0 Å². The van der Waals surface area contributed by atoms with Crippen LogP contribution < -0.4 is 14.9 Å². The molecule has 2 aromatic rings. The second kappa shape index (κ2) is 7.79. The summed E-state index contributed by atoms with van der Waals surface area (Å²) in [5.74, 6) is 0.831. The molecule has 0 radical (unpaired) electrons. The highest BCUT2D eigenvalue weighted by atomic mass is 79.9. The van der Waals surface area contributed by atoms with Gasteiger partial charge in [-0.05, 0) is 39.7 Å². The fraction of sp³-hybridized carbons (Fsp3) is 0.111. The Morgan fingerprint density at radius 2 is 1.83 bits per heavy atom. The Morgan fingerprint density at radius 1 is 1.12 bits per heavy atom. The van der Waals surface area contributed by atoms with Gasteiger partial charge in [-0.15, -0.1) is 0 Å². The van der Waals surface area contributed by atoms with Crippen molar-refractivity contribution >= 4 is 34.1 Å². The summed E-state index contributed by atoms with van der Waals surface area (Å²) in [4.78, 5) is 12.1. The van der Waals surface area contributed by atoms with Crippen LogP contribution in [0.2, 0.25) is 0 Å². The Hall–Kier alpha value is -2.60. The number of halogens is 1. The molecule has 3 rings (SSSR count). The van der Waals surface area contributed by atoms with Gasteiger partial charge in [0.2, 0.25) is 6.10 Å². The zero-order valence-corrected chi connectivity index (χ0v) is 14.3. The van der Waals surface area contributed by atoms with Crippen LogP contribution in [0.5, 0.6) is 11.5 Å². The van der Waals surface area contributed by atoms with Gasteiger partial charge in [-0.2, -0.15) is 5.10 Å². The molecule has 1 N–H and O–H groups in total. The van der Waals surface area contributed by atoms with Gasteiger partial charge in [0.25, 0.3) is 5.91 Å². The van der Waals surface area contributed by atoms with Crippen LogP contribution in [0.15, 0.2) is 64.2 Å². The third kappa shape index (κ3) is 4.23. The van der Waals surface area contributed by atoms with Crippen molar-refractivity contribution in [2.24, 2.45) is 5.10 Å². The molecule has 122 valence electrons. The maximum Gasteiger partial charge on any atom is 0.284 e. The quantitative estimate of drug-likeness (QED) is 0.647. The second-order valence-electron chi connectivity index (χ2n) is 5.04. The first-order chi connectivity index (χ1) is 11.7. The third-order valence-electron chi connectivity index (χ3n) is 3.27. The lowest BCUT2D eigenvalue weighted by atomic mass is 10.2. The van der Waals surface area contributed by atoms with Crippen LogP contribution in [0.3, 0.4) is 0 Å². The highest BCUT2D eigenvalue weighted by Crippen LogP contribution is 2.30. The molecule has 0 spiro atoms. The minimum absolute atomic E-state index is 0.152. The van der Waals surface area contributed by atoms with E-state index in [4.69, 9.17) is 9.47 Å². The molecule has 0 aliphatic carbocycles. The van der Waals surface area contributed by atoms with Crippen LogP contribution >= 0.6 is 15.9 Å². The van der Waals surface area contributed by atoms with E-state index in [1.165, 1.54) is 6.21 Å². The minimum Gasteiger partial charge on any atom is -0.485 e. The summed E-state index contributed by atoms with van der Waals surface area (Å²) in [7, 11) is 0. The first kappa shape index (κ1) is 16.3. The third-order valence-corrected chi connectivity index (χ3v) is 3.70. The van der Waals surface area contributed by atoms with Crippen LogP contribution in [0.4, 0.5) is 0 Å². The lowest BCUT2D eigenvalue weighted by molar-refractivity contribution is -0.130. The number of carbonyl (C=O) groups excluding carboxylic acids is 1. The maximum absolute atomic E-state index is 12.1. The van der Waals surface area contributed by atoms with E-state index in [2.05, 4.69) is 26.5 Å². The summed E-state index contributed by atoms with van der Waals surface area (Å²) in [6.07, 6.45) is 2.68. The number of hydrazone groups is 1. The van der Waals surface area contributed by atoms with Crippen LogP contribution in [0.1, 0.15) is 5.56 Å². The summed E-state index contributed by atoms with van der Waals surface area (Å²) in [5.41, 5.74) is 3.48. The fourth-order valence-electron chi connectivity index (χ4n) is 2.12. The van der Waals surface area contributed by atoms with E-state index in [0.29, 0.717) is 11.5 Å². The summed E-state index contributed by atoms with van der Waals surface area (Å²) >= 11 is 3.39. The average Bonchev–Trinajstić information content (AvgIpc) is 2.62. The molecular formula is C18H15BrN2O3. The monoisotopic (exact) mass is 386 g/mol. The molecule has 5 nitrogen and oxygen atoms in total. The molecule has 1 heterocycles. The van der Waals surface area contributed by atoms with Crippen molar-refractivity contribution in [3.8, 4) is 11.5 Å². The van der Waals surface area contributed by atoms with Gasteiger partial charge in [0.15, 0.2) is 11.5 Å². The minimum atomic E-state index is -0.728. The zero-order chi connectivity index (χ0) is 16.8. The predicted octanol–water partition coefficient (Wildman–Crippen LogP) is 3.36. The molecule has 24 heavy (non-hydrogen) atoms. The molecule has 0 aromatic heterocycles. The van der Waals surface area contributed by atoms with Crippen molar-refractivity contribution in [3.05, 3.63) is 64.6 Å². The molecule has 1 aliphatic heterocycles. The van der Waals surface area contributed by atoms with Crippen LogP contribution in [-0.2, 0) is 4.79 Å². The SMILES string of the molecule is O=C(N/N=C/C(Br)=C/c1ccccc1)[C@@H]1COc2ccccc2O1. The number of allylic oxidation sites excluding steroid dienone is 1. The zero-order valence-electron chi connectivity index (χ0n) is 12.7. The van der Waals surface area contributed by atoms with Crippen LogP contribution in [-0.4, -0.2) is 24.8 Å². The lowest BCUT2D eigenvalue weighted by Gasteiger charge is -2.24. The van der Waals surface area contributed by atoms with Crippen molar-refractivity contribution in [1.82, 2.24) is 5.43 Å². The standard InChI is InChI=1S/C18H15BrN2O3/c19-14(10-13-6-2-1-3-7-13)11-20-21-18(22)17-12-23-15-8-4-5-9-16(15)24-17/h1-11,17H,12H2,(H,21,22)/b14-10-,20-11+/t17-/m0/s1. The van der Waals surface area contributed by atoms with Gasteiger partial charge in [0.05, 0.1) is 6.21 Å². The number of amides is 1. The van der Waals surface area contributed by atoms with Crippen molar-refractivity contribution < 1.29 is 14.3 Å². The van der Waals surface area contributed by atoms with E-state index < -0.39 is 6.10 Å². The van der Waals surface area contributed by atoms with E-state index in [1.54, 1.807) is 12.1 Å². The number of benzene rings is 2. The van der Waals surface area contributed by atoms with Crippen LogP contribution in [0.25, 0.3) is 6.08 Å². The fourth-order valence-corrected chi connectivity index (χ4v) is 2.49. The van der Waals surface area contributed by atoms with Crippen molar-refractivity contribution in [2.75, 3.05) is 6.61 Å². The summed E-state index contributed by atoms with van der Waals surface area (Å²) in [5, 5.41) is 3.92. The summed E-state index contributed by atoms with van der Waals surface area (Å²) in [6.45, 7) is 0.152. The Balaban J connectivity index is 1.55. The first-order valence-electron chi connectivity index (χ1n) is 7.36. The van der Waals surface area contributed by atoms with E-state index in [-0.39, 0.29) is 12.5 Å². The summed E-state index contributed by atoms with van der Waals surface area (Å²) in [6, 6.07) is 17.0. The molecule has 2 aromatic carbocycles. The maximum atomic E-state index is 12.1. The molecule has 0 unspecified atom stereocenters. The molecule has 1 aliphatic rings. The number of fused-ring (bicyclic) bond motifs is 1. The average molecular weight is 387 g/mol. The van der Waals surface area contributed by atoms with Gasteiger partial charge < -0.3 is 9.47 Å². The number of nitrogens with zero attached hydrogens (tertiary/aromatic N) is 1. The number of hydrogen-bond donors (Lipinski definition) is 1. The number of rotatable bonds is 4. The van der Waals surface area contributed by atoms with Gasteiger partial charge in [-0.3, -0.25) is 4.79 Å². The van der Waals surface area contributed by atoms with Gasteiger partial charge in [-0.25, -0.2) is 5.43 Å². The number of para-hydroxylation sites is 2. The molecule has 1 atom stereocenters. The predicted molar refractivity (Wildman–Crippen MR) is 96.3 cm³/mol. The largest absolute Gasteiger partial charge is 0.485 e. The molecule has 6 heteroatoms. The van der Waals surface area contributed by atoms with Crippen molar-refractivity contribution in [1.29, 1.82) is 0 Å². The van der Waals surface area contributed by atoms with Crippen LogP contribution in [0, 0.1) is 0 Å². The Bertz CT molecular complexity index is 775. The first-order valence-corrected chi connectivity index (χ1v) is 8.15. The molecule has 0 fully saturated rings. The highest BCUT2D eigenvalue weighted by molar-refractivity contribution is 9.12. The van der Waals surface area contributed by atoms with E-state index in [1.807, 2.05) is 48.5 Å². The topological polar surface area (TPSA) is 59.9 Å². The number of hydrogen-bond acceptors (Lipinski definition) is 4. The molecule has 0 saturated heterocycles. The van der Waals surface area contributed by atoms with E-state index >= 15 is 0 Å². The van der Waals surface area contributed by atoms with E-state index in [9.17, 15) is 4.79 Å².